The van der Waals surface area contributed by atoms with Crippen LogP contribution < -0.4 is 5.32 Å². The van der Waals surface area contributed by atoms with E-state index in [1.807, 2.05) is 26.0 Å². The van der Waals surface area contributed by atoms with Crippen LogP contribution in [0.4, 0.5) is 0 Å². The number of nitrogens with one attached hydrogen (secondary N) is 1. The van der Waals surface area contributed by atoms with E-state index in [9.17, 15) is 4.79 Å². The SMILES string of the molecule is Cc1cc(Cl)c(C(=O)NC(C)Cc2ccco2)cn1. The topological polar surface area (TPSA) is 55.1 Å². The van der Waals surface area contributed by atoms with E-state index >= 15 is 0 Å². The van der Waals surface area contributed by atoms with Gasteiger partial charge in [-0.15, -0.1) is 0 Å². The van der Waals surface area contributed by atoms with Crippen LogP contribution in [0, 0.1) is 6.92 Å². The van der Waals surface area contributed by atoms with Crippen LogP contribution in [0.1, 0.15) is 28.7 Å². The molecule has 19 heavy (non-hydrogen) atoms. The van der Waals surface area contributed by atoms with Gasteiger partial charge in [-0.25, -0.2) is 0 Å². The summed E-state index contributed by atoms with van der Waals surface area (Å²) in [6, 6.07) is 5.33. The molecule has 0 aromatic carbocycles. The Bertz CT molecular complexity index is 567. The minimum atomic E-state index is -0.225. The quantitative estimate of drug-likeness (QED) is 0.935. The van der Waals surface area contributed by atoms with Gasteiger partial charge in [0.05, 0.1) is 16.8 Å². The fraction of sp³-hybridized carbons (Fsp3) is 0.286. The Kier molecular flexibility index (Phi) is 4.22. The molecule has 0 aliphatic heterocycles. The Labute approximate surface area is 116 Å². The zero-order valence-electron chi connectivity index (χ0n) is 10.8. The molecule has 1 atom stereocenters. The molecular formula is C14H15ClN2O2. The third-order valence-electron chi connectivity index (χ3n) is 2.70. The number of aromatic nitrogens is 1. The highest BCUT2D eigenvalue weighted by Gasteiger charge is 2.14. The number of carbonyl (C=O) groups is 1. The van der Waals surface area contributed by atoms with E-state index in [-0.39, 0.29) is 11.9 Å². The lowest BCUT2D eigenvalue weighted by Gasteiger charge is -2.13. The number of halogens is 1. The van der Waals surface area contributed by atoms with Crippen LogP contribution in [0.15, 0.2) is 35.1 Å². The minimum Gasteiger partial charge on any atom is -0.469 e. The van der Waals surface area contributed by atoms with Gasteiger partial charge in [0.2, 0.25) is 0 Å². The van der Waals surface area contributed by atoms with E-state index in [2.05, 4.69) is 10.3 Å². The fourth-order valence-electron chi connectivity index (χ4n) is 1.78. The maximum Gasteiger partial charge on any atom is 0.254 e. The van der Waals surface area contributed by atoms with E-state index in [0.717, 1.165) is 11.5 Å². The molecule has 0 bridgehead atoms. The molecule has 1 unspecified atom stereocenters. The Hall–Kier alpha value is -1.81. The maximum atomic E-state index is 12.0. The monoisotopic (exact) mass is 278 g/mol. The second-order valence-electron chi connectivity index (χ2n) is 4.46. The van der Waals surface area contributed by atoms with Gasteiger partial charge in [0.1, 0.15) is 5.76 Å². The van der Waals surface area contributed by atoms with Crippen molar-refractivity contribution in [2.75, 3.05) is 0 Å². The number of rotatable bonds is 4. The molecule has 4 nitrogen and oxygen atoms in total. The maximum absolute atomic E-state index is 12.0. The second-order valence-corrected chi connectivity index (χ2v) is 4.87. The van der Waals surface area contributed by atoms with Gasteiger partial charge in [-0.05, 0) is 32.0 Å². The van der Waals surface area contributed by atoms with Gasteiger partial charge >= 0.3 is 0 Å². The normalized spacial score (nSPS) is 12.2. The highest BCUT2D eigenvalue weighted by atomic mass is 35.5. The minimum absolute atomic E-state index is 0.0454. The van der Waals surface area contributed by atoms with Crippen molar-refractivity contribution in [2.45, 2.75) is 26.3 Å². The number of pyridine rings is 1. The van der Waals surface area contributed by atoms with E-state index in [1.165, 1.54) is 6.20 Å². The van der Waals surface area contributed by atoms with Gasteiger partial charge < -0.3 is 9.73 Å². The number of amides is 1. The summed E-state index contributed by atoms with van der Waals surface area (Å²) in [7, 11) is 0. The summed E-state index contributed by atoms with van der Waals surface area (Å²) >= 11 is 6.03. The van der Waals surface area contributed by atoms with Crippen LogP contribution in [0.3, 0.4) is 0 Å². The van der Waals surface area contributed by atoms with Gasteiger partial charge in [-0.3, -0.25) is 9.78 Å². The van der Waals surface area contributed by atoms with Crippen LogP contribution in [-0.4, -0.2) is 16.9 Å². The summed E-state index contributed by atoms with van der Waals surface area (Å²) < 4.78 is 5.24. The van der Waals surface area contributed by atoms with Crippen LogP contribution in [-0.2, 0) is 6.42 Å². The largest absolute Gasteiger partial charge is 0.469 e. The lowest BCUT2D eigenvalue weighted by atomic mass is 10.1. The van der Waals surface area contributed by atoms with Crippen molar-refractivity contribution in [2.24, 2.45) is 0 Å². The molecule has 2 heterocycles. The molecule has 0 spiro atoms. The highest BCUT2D eigenvalue weighted by molar-refractivity contribution is 6.33. The molecular weight excluding hydrogens is 264 g/mol. The van der Waals surface area contributed by atoms with Gasteiger partial charge in [0, 0.05) is 24.4 Å². The van der Waals surface area contributed by atoms with Crippen molar-refractivity contribution in [3.8, 4) is 0 Å². The number of carbonyl (C=O) groups excluding carboxylic acids is 1. The van der Waals surface area contributed by atoms with E-state index in [1.54, 1.807) is 12.3 Å². The molecule has 0 fully saturated rings. The van der Waals surface area contributed by atoms with Crippen LogP contribution >= 0.6 is 11.6 Å². The molecule has 5 heteroatoms. The molecule has 2 rings (SSSR count). The number of furan rings is 1. The van der Waals surface area contributed by atoms with E-state index < -0.39 is 0 Å². The average molecular weight is 279 g/mol. The van der Waals surface area contributed by atoms with Crippen molar-refractivity contribution in [1.29, 1.82) is 0 Å². The highest BCUT2D eigenvalue weighted by Crippen LogP contribution is 2.16. The van der Waals surface area contributed by atoms with Crippen LogP contribution in [0.2, 0.25) is 5.02 Å². The summed E-state index contributed by atoms with van der Waals surface area (Å²) in [5.74, 6) is 0.609. The zero-order chi connectivity index (χ0) is 13.8. The number of nitrogens with zero attached hydrogens (tertiary/aromatic N) is 1. The van der Waals surface area contributed by atoms with Gasteiger partial charge in [0.25, 0.3) is 5.91 Å². The van der Waals surface area contributed by atoms with E-state index in [0.29, 0.717) is 17.0 Å². The molecule has 2 aromatic rings. The average Bonchev–Trinajstić information content (AvgIpc) is 2.81. The van der Waals surface area contributed by atoms with Crippen molar-refractivity contribution in [1.82, 2.24) is 10.3 Å². The van der Waals surface area contributed by atoms with Gasteiger partial charge in [-0.2, -0.15) is 0 Å². The second kappa shape index (κ2) is 5.89. The van der Waals surface area contributed by atoms with Gasteiger partial charge in [0.15, 0.2) is 0 Å². The van der Waals surface area contributed by atoms with Crippen LogP contribution in [0.5, 0.6) is 0 Å². The first kappa shape index (κ1) is 13.6. The summed E-state index contributed by atoms with van der Waals surface area (Å²) in [4.78, 5) is 16.1. The molecule has 100 valence electrons. The summed E-state index contributed by atoms with van der Waals surface area (Å²) in [5.41, 5.74) is 1.17. The number of hydrogen-bond donors (Lipinski definition) is 1. The van der Waals surface area contributed by atoms with Crippen molar-refractivity contribution in [3.05, 3.63) is 52.7 Å². The Morgan fingerprint density at radius 1 is 1.58 bits per heavy atom. The number of aryl methyl sites for hydroxylation is 1. The predicted molar refractivity (Wildman–Crippen MR) is 73.3 cm³/mol. The zero-order valence-corrected chi connectivity index (χ0v) is 11.6. The molecule has 1 amide bonds. The Balaban J connectivity index is 2.00. The van der Waals surface area contributed by atoms with Crippen LogP contribution in [0.25, 0.3) is 0 Å². The predicted octanol–water partition coefficient (Wildman–Crippen LogP) is 3.00. The Morgan fingerprint density at radius 2 is 2.37 bits per heavy atom. The molecule has 0 saturated heterocycles. The molecule has 1 N–H and O–H groups in total. The third kappa shape index (κ3) is 3.58. The van der Waals surface area contributed by atoms with Crippen molar-refractivity contribution in [3.63, 3.8) is 0 Å². The summed E-state index contributed by atoms with van der Waals surface area (Å²) in [6.07, 6.45) is 3.74. The molecule has 2 aromatic heterocycles. The third-order valence-corrected chi connectivity index (χ3v) is 3.01. The van der Waals surface area contributed by atoms with E-state index in [4.69, 9.17) is 16.0 Å². The number of hydrogen-bond acceptors (Lipinski definition) is 3. The first-order valence-corrected chi connectivity index (χ1v) is 6.39. The summed E-state index contributed by atoms with van der Waals surface area (Å²) in [6.45, 7) is 3.74. The molecule has 0 aliphatic carbocycles. The Morgan fingerprint density at radius 3 is 3.00 bits per heavy atom. The molecule has 0 saturated carbocycles. The van der Waals surface area contributed by atoms with Crippen molar-refractivity contribution < 1.29 is 9.21 Å². The lowest BCUT2D eigenvalue weighted by molar-refractivity contribution is 0.0939. The fourth-order valence-corrected chi connectivity index (χ4v) is 2.07. The first-order valence-electron chi connectivity index (χ1n) is 6.01. The standard InChI is InChI=1S/C14H15ClN2O2/c1-9-7-13(15)12(8-16-9)14(18)17-10(2)6-11-4-3-5-19-11/h3-5,7-8,10H,6H2,1-2H3,(H,17,18). The van der Waals surface area contributed by atoms with Crippen molar-refractivity contribution >= 4 is 17.5 Å². The molecule has 0 radical (unpaired) electrons. The van der Waals surface area contributed by atoms with Gasteiger partial charge in [-0.1, -0.05) is 11.6 Å². The first-order chi connectivity index (χ1) is 9.06. The molecule has 0 aliphatic rings. The summed E-state index contributed by atoms with van der Waals surface area (Å²) in [5, 5.41) is 3.28. The lowest BCUT2D eigenvalue weighted by Crippen LogP contribution is -2.34. The smallest absolute Gasteiger partial charge is 0.254 e.